The Hall–Kier alpha value is -1.83. The lowest BCUT2D eigenvalue weighted by atomic mass is 9.87. The van der Waals surface area contributed by atoms with Crippen molar-refractivity contribution in [3.8, 4) is 0 Å². The molecule has 0 spiro atoms. The van der Waals surface area contributed by atoms with E-state index in [2.05, 4.69) is 9.88 Å². The molecule has 0 radical (unpaired) electrons. The molecule has 1 aliphatic heterocycles. The van der Waals surface area contributed by atoms with E-state index in [0.29, 0.717) is 25.3 Å². The van der Waals surface area contributed by atoms with Gasteiger partial charge in [-0.25, -0.2) is 4.98 Å². The zero-order valence-electron chi connectivity index (χ0n) is 13.8. The standard InChI is InChI=1S/C16H22F3N3O2/c1-21(2)13-7-8-22(10-11(13)3-6-15(23)24)14-5-4-12(9-20-14)16(17,18)19/h4-5,9,11,13H,3,6-8,10H2,1-2H3,(H,23,24)/t11-,13+/m0/s1. The summed E-state index contributed by atoms with van der Waals surface area (Å²) in [5.41, 5.74) is -0.767. The summed E-state index contributed by atoms with van der Waals surface area (Å²) in [5, 5.41) is 8.91. The second-order valence-corrected chi connectivity index (χ2v) is 6.36. The number of hydrogen-bond acceptors (Lipinski definition) is 4. The number of carboxylic acids is 1. The Balaban J connectivity index is 2.10. The molecule has 1 N–H and O–H groups in total. The summed E-state index contributed by atoms with van der Waals surface area (Å²) in [6.45, 7) is 1.28. The highest BCUT2D eigenvalue weighted by molar-refractivity contribution is 5.66. The molecule has 1 aliphatic rings. The Morgan fingerprint density at radius 2 is 2.12 bits per heavy atom. The minimum absolute atomic E-state index is 0.0866. The van der Waals surface area contributed by atoms with Gasteiger partial charge in [0.2, 0.25) is 0 Å². The van der Waals surface area contributed by atoms with E-state index in [9.17, 15) is 18.0 Å². The Bertz CT molecular complexity index is 561. The largest absolute Gasteiger partial charge is 0.481 e. The monoisotopic (exact) mass is 345 g/mol. The number of anilines is 1. The van der Waals surface area contributed by atoms with E-state index in [-0.39, 0.29) is 18.4 Å². The topological polar surface area (TPSA) is 56.7 Å². The lowest BCUT2D eigenvalue weighted by Gasteiger charge is -2.42. The van der Waals surface area contributed by atoms with Crippen molar-refractivity contribution >= 4 is 11.8 Å². The van der Waals surface area contributed by atoms with E-state index < -0.39 is 17.7 Å². The van der Waals surface area contributed by atoms with Crippen molar-refractivity contribution in [2.45, 2.75) is 31.5 Å². The van der Waals surface area contributed by atoms with Gasteiger partial charge in [-0.1, -0.05) is 0 Å². The zero-order chi connectivity index (χ0) is 17.9. The van der Waals surface area contributed by atoms with Crippen LogP contribution in [0.3, 0.4) is 0 Å². The van der Waals surface area contributed by atoms with E-state index in [1.165, 1.54) is 6.07 Å². The maximum atomic E-state index is 12.6. The van der Waals surface area contributed by atoms with Gasteiger partial charge in [0.15, 0.2) is 0 Å². The average Bonchev–Trinajstić information content (AvgIpc) is 2.51. The third-order valence-corrected chi connectivity index (χ3v) is 4.49. The second kappa shape index (κ2) is 7.38. The molecule has 0 unspecified atom stereocenters. The normalized spacial score (nSPS) is 22.0. The van der Waals surface area contributed by atoms with Crippen LogP contribution in [0.4, 0.5) is 19.0 Å². The van der Waals surface area contributed by atoms with Gasteiger partial charge in [-0.05, 0) is 45.0 Å². The van der Waals surface area contributed by atoms with E-state index in [0.717, 1.165) is 18.7 Å². The fourth-order valence-corrected chi connectivity index (χ4v) is 3.24. The van der Waals surface area contributed by atoms with Crippen LogP contribution in [0.2, 0.25) is 0 Å². The van der Waals surface area contributed by atoms with Crippen LogP contribution in [0.1, 0.15) is 24.8 Å². The van der Waals surface area contributed by atoms with E-state index in [4.69, 9.17) is 5.11 Å². The summed E-state index contributed by atoms with van der Waals surface area (Å²) in [7, 11) is 3.93. The third kappa shape index (κ3) is 4.59. The number of pyridine rings is 1. The van der Waals surface area contributed by atoms with Gasteiger partial charge in [0.25, 0.3) is 0 Å². The van der Waals surface area contributed by atoms with E-state index in [1.54, 1.807) is 0 Å². The number of carboxylic acid groups (broad SMARTS) is 1. The first-order valence-corrected chi connectivity index (χ1v) is 7.85. The number of rotatable bonds is 5. The number of carbonyl (C=O) groups is 1. The maximum Gasteiger partial charge on any atom is 0.417 e. The van der Waals surface area contributed by atoms with Gasteiger partial charge in [0.1, 0.15) is 5.82 Å². The van der Waals surface area contributed by atoms with Gasteiger partial charge in [0.05, 0.1) is 5.56 Å². The van der Waals surface area contributed by atoms with Gasteiger partial charge >= 0.3 is 12.1 Å². The quantitative estimate of drug-likeness (QED) is 0.889. The minimum atomic E-state index is -4.40. The van der Waals surface area contributed by atoms with Crippen molar-refractivity contribution in [3.63, 3.8) is 0 Å². The van der Waals surface area contributed by atoms with Crippen LogP contribution in [0.25, 0.3) is 0 Å². The summed E-state index contributed by atoms with van der Waals surface area (Å²) >= 11 is 0. The van der Waals surface area contributed by atoms with Gasteiger partial charge in [-0.15, -0.1) is 0 Å². The van der Waals surface area contributed by atoms with Gasteiger partial charge < -0.3 is 14.9 Å². The maximum absolute atomic E-state index is 12.6. The Morgan fingerprint density at radius 3 is 2.62 bits per heavy atom. The molecule has 134 valence electrons. The molecule has 0 aromatic carbocycles. The van der Waals surface area contributed by atoms with Crippen LogP contribution in [-0.4, -0.2) is 54.2 Å². The number of hydrogen-bond donors (Lipinski definition) is 1. The van der Waals surface area contributed by atoms with Gasteiger partial charge in [0, 0.05) is 31.7 Å². The molecule has 8 heteroatoms. The van der Waals surface area contributed by atoms with Crippen molar-refractivity contribution < 1.29 is 23.1 Å². The molecule has 2 rings (SSSR count). The van der Waals surface area contributed by atoms with Crippen molar-refractivity contribution in [3.05, 3.63) is 23.9 Å². The van der Waals surface area contributed by atoms with Crippen LogP contribution in [0, 0.1) is 5.92 Å². The molecule has 0 aliphatic carbocycles. The molecule has 0 bridgehead atoms. The first-order valence-electron chi connectivity index (χ1n) is 7.85. The predicted octanol–water partition coefficient (Wildman–Crippen LogP) is 2.72. The molecule has 2 atom stereocenters. The summed E-state index contributed by atoms with van der Waals surface area (Å²) in [6.07, 6.45) is -2.11. The molecular weight excluding hydrogens is 323 g/mol. The fourth-order valence-electron chi connectivity index (χ4n) is 3.24. The van der Waals surface area contributed by atoms with Crippen LogP contribution in [0.15, 0.2) is 18.3 Å². The molecular formula is C16H22F3N3O2. The van der Waals surface area contributed by atoms with Crippen molar-refractivity contribution in [1.82, 2.24) is 9.88 Å². The number of piperidine rings is 1. The highest BCUT2D eigenvalue weighted by Gasteiger charge is 2.33. The summed E-state index contributed by atoms with van der Waals surface area (Å²) in [4.78, 5) is 18.8. The fraction of sp³-hybridized carbons (Fsp3) is 0.625. The van der Waals surface area contributed by atoms with Crippen LogP contribution >= 0.6 is 0 Å². The first-order chi connectivity index (χ1) is 11.2. The third-order valence-electron chi connectivity index (χ3n) is 4.49. The molecule has 1 saturated heterocycles. The number of halogens is 3. The molecule has 0 amide bonds. The van der Waals surface area contributed by atoms with Gasteiger partial charge in [-0.3, -0.25) is 4.79 Å². The van der Waals surface area contributed by atoms with Crippen molar-refractivity contribution in [1.29, 1.82) is 0 Å². The van der Waals surface area contributed by atoms with E-state index >= 15 is 0 Å². The predicted molar refractivity (Wildman–Crippen MR) is 83.9 cm³/mol. The molecule has 24 heavy (non-hydrogen) atoms. The summed E-state index contributed by atoms with van der Waals surface area (Å²) < 4.78 is 37.9. The summed E-state index contributed by atoms with van der Waals surface area (Å²) in [5.74, 6) is -0.202. The number of aliphatic carboxylic acids is 1. The van der Waals surface area contributed by atoms with Crippen molar-refractivity contribution in [2.75, 3.05) is 32.1 Å². The Kier molecular flexibility index (Phi) is 5.69. The smallest absolute Gasteiger partial charge is 0.417 e. The van der Waals surface area contributed by atoms with Crippen LogP contribution < -0.4 is 4.90 Å². The zero-order valence-corrected chi connectivity index (χ0v) is 13.8. The van der Waals surface area contributed by atoms with Crippen LogP contribution in [0.5, 0.6) is 0 Å². The number of nitrogens with zero attached hydrogens (tertiary/aromatic N) is 3. The van der Waals surface area contributed by atoms with Crippen molar-refractivity contribution in [2.24, 2.45) is 5.92 Å². The molecule has 0 saturated carbocycles. The lowest BCUT2D eigenvalue weighted by molar-refractivity contribution is -0.138. The Morgan fingerprint density at radius 1 is 1.42 bits per heavy atom. The highest BCUT2D eigenvalue weighted by atomic mass is 19.4. The second-order valence-electron chi connectivity index (χ2n) is 6.36. The number of alkyl halides is 3. The van der Waals surface area contributed by atoms with Gasteiger partial charge in [-0.2, -0.15) is 13.2 Å². The summed E-state index contributed by atoms with van der Waals surface area (Å²) in [6, 6.07) is 2.68. The first kappa shape index (κ1) is 18.5. The SMILES string of the molecule is CN(C)[C@@H]1CCN(c2ccc(C(F)(F)F)cn2)C[C@@H]1CCC(=O)O. The van der Waals surface area contributed by atoms with E-state index in [1.807, 2.05) is 19.0 Å². The average molecular weight is 345 g/mol. The number of aromatic nitrogens is 1. The lowest BCUT2D eigenvalue weighted by Crippen LogP contribution is -2.49. The molecule has 1 fully saturated rings. The molecule has 1 aromatic rings. The Labute approximate surface area is 139 Å². The molecule has 5 nitrogen and oxygen atoms in total. The molecule has 2 heterocycles. The van der Waals surface area contributed by atoms with Crippen LogP contribution in [-0.2, 0) is 11.0 Å². The highest BCUT2D eigenvalue weighted by Crippen LogP contribution is 2.31. The minimum Gasteiger partial charge on any atom is -0.481 e. The molecule has 1 aromatic heterocycles.